The molecule has 0 bridgehead atoms. The molecule has 2 fully saturated rings. The van der Waals surface area contributed by atoms with E-state index in [0.717, 1.165) is 36.7 Å². The number of nitrogens with zero attached hydrogens (tertiary/aromatic N) is 3. The molecule has 3 aromatic rings. The number of benzene rings is 1. The minimum absolute atomic E-state index is 0.0406. The Morgan fingerprint density at radius 1 is 1.21 bits per heavy atom. The van der Waals surface area contributed by atoms with Crippen LogP contribution in [0.2, 0.25) is 0 Å². The van der Waals surface area contributed by atoms with Gasteiger partial charge in [-0.15, -0.1) is 5.10 Å². The fourth-order valence-corrected chi connectivity index (χ4v) is 4.17. The fourth-order valence-electron chi connectivity index (χ4n) is 4.17. The smallest absolute Gasteiger partial charge is 0.316 e. The van der Waals surface area contributed by atoms with Crippen molar-refractivity contribution in [3.63, 3.8) is 0 Å². The van der Waals surface area contributed by atoms with Crippen LogP contribution in [0.3, 0.4) is 0 Å². The van der Waals surface area contributed by atoms with Crippen LogP contribution in [0.25, 0.3) is 22.4 Å². The average molecular weight is 393 g/mol. The van der Waals surface area contributed by atoms with Crippen molar-refractivity contribution in [2.24, 2.45) is 5.41 Å². The molecule has 1 aliphatic heterocycles. The maximum atomic E-state index is 12.8. The number of carbonyl (C=O) groups is 1. The highest BCUT2D eigenvalue weighted by molar-refractivity contribution is 5.92. The Kier molecular flexibility index (Phi) is 4.15. The topological polar surface area (TPSA) is 104 Å². The van der Waals surface area contributed by atoms with Gasteiger partial charge in [0.05, 0.1) is 0 Å². The van der Waals surface area contributed by atoms with E-state index in [0.29, 0.717) is 11.1 Å². The lowest BCUT2D eigenvalue weighted by Gasteiger charge is -2.33. The SMILES string of the molecule is C[C@@H](Nc1nnc(-c2[nH]c(=O)cc3ccccc23)o1)C(=O)N1CCC2(CC1)CC2. The number of rotatable bonds is 4. The van der Waals surface area contributed by atoms with Crippen molar-refractivity contribution in [1.82, 2.24) is 20.1 Å². The van der Waals surface area contributed by atoms with Crippen molar-refractivity contribution in [2.75, 3.05) is 18.4 Å². The quantitative estimate of drug-likeness (QED) is 0.706. The van der Waals surface area contributed by atoms with Gasteiger partial charge in [-0.1, -0.05) is 29.4 Å². The lowest BCUT2D eigenvalue weighted by molar-refractivity contribution is -0.133. The van der Waals surface area contributed by atoms with Crippen LogP contribution in [0.15, 0.2) is 39.5 Å². The van der Waals surface area contributed by atoms with Gasteiger partial charge in [-0.25, -0.2) is 0 Å². The summed E-state index contributed by atoms with van der Waals surface area (Å²) in [5.74, 6) is 0.244. The number of pyridine rings is 1. The first-order valence-corrected chi connectivity index (χ1v) is 10.0. The number of aromatic nitrogens is 3. The molecule has 2 aliphatic rings. The number of nitrogens with one attached hydrogen (secondary N) is 2. The number of H-pyrrole nitrogens is 1. The molecule has 29 heavy (non-hydrogen) atoms. The fraction of sp³-hybridized carbons (Fsp3) is 0.429. The van der Waals surface area contributed by atoms with E-state index in [-0.39, 0.29) is 23.4 Å². The molecule has 3 heterocycles. The first kappa shape index (κ1) is 17.9. The van der Waals surface area contributed by atoms with Crippen molar-refractivity contribution in [1.29, 1.82) is 0 Å². The van der Waals surface area contributed by atoms with Crippen LogP contribution in [-0.4, -0.2) is 45.1 Å². The summed E-state index contributed by atoms with van der Waals surface area (Å²) in [5, 5.41) is 12.7. The molecule has 8 heteroatoms. The zero-order valence-electron chi connectivity index (χ0n) is 16.3. The Morgan fingerprint density at radius 3 is 2.72 bits per heavy atom. The van der Waals surface area contributed by atoms with Crippen molar-refractivity contribution >= 4 is 22.7 Å². The van der Waals surface area contributed by atoms with Gasteiger partial charge in [-0.2, -0.15) is 0 Å². The Bertz CT molecular complexity index is 1120. The summed E-state index contributed by atoms with van der Waals surface area (Å²) in [6, 6.07) is 8.70. The zero-order valence-corrected chi connectivity index (χ0v) is 16.3. The highest BCUT2D eigenvalue weighted by Crippen LogP contribution is 2.53. The second-order valence-corrected chi connectivity index (χ2v) is 8.20. The first-order chi connectivity index (χ1) is 14.0. The monoisotopic (exact) mass is 393 g/mol. The second-order valence-electron chi connectivity index (χ2n) is 8.20. The van der Waals surface area contributed by atoms with E-state index in [2.05, 4.69) is 20.5 Å². The van der Waals surface area contributed by atoms with E-state index in [9.17, 15) is 9.59 Å². The maximum Gasteiger partial charge on any atom is 0.316 e. The number of aromatic amines is 1. The summed E-state index contributed by atoms with van der Waals surface area (Å²) in [7, 11) is 0. The molecule has 2 N–H and O–H groups in total. The van der Waals surface area contributed by atoms with E-state index >= 15 is 0 Å². The number of anilines is 1. The average Bonchev–Trinajstić information content (AvgIpc) is 3.31. The number of piperidine rings is 1. The molecule has 1 saturated heterocycles. The molecule has 2 aromatic heterocycles. The lowest BCUT2D eigenvalue weighted by atomic mass is 9.93. The standard InChI is InChI=1S/C21H23N5O3/c1-13(19(28)26-10-8-21(6-7-21)9-11-26)22-20-25-24-18(29-20)17-15-5-3-2-4-14(15)12-16(27)23-17/h2-5,12-13H,6-11H2,1H3,(H,22,25)(H,23,27)/t13-/m1/s1. The van der Waals surface area contributed by atoms with Crippen LogP contribution in [-0.2, 0) is 4.79 Å². The number of hydrogen-bond donors (Lipinski definition) is 2. The Morgan fingerprint density at radius 2 is 1.97 bits per heavy atom. The highest BCUT2D eigenvalue weighted by atomic mass is 16.4. The third kappa shape index (κ3) is 3.39. The minimum atomic E-state index is -0.469. The van der Waals surface area contributed by atoms with E-state index in [1.807, 2.05) is 29.2 Å². The number of fused-ring (bicyclic) bond motifs is 1. The van der Waals surface area contributed by atoms with Crippen LogP contribution in [0, 0.1) is 5.41 Å². The molecule has 1 amide bonds. The summed E-state index contributed by atoms with van der Waals surface area (Å²) < 4.78 is 5.71. The van der Waals surface area contributed by atoms with E-state index in [1.165, 1.54) is 18.9 Å². The number of amides is 1. The summed E-state index contributed by atoms with van der Waals surface area (Å²) in [5.41, 5.74) is 0.761. The summed E-state index contributed by atoms with van der Waals surface area (Å²) in [6.07, 6.45) is 4.82. The van der Waals surface area contributed by atoms with Crippen molar-refractivity contribution in [3.05, 3.63) is 40.7 Å². The summed E-state index contributed by atoms with van der Waals surface area (Å²) in [6.45, 7) is 3.43. The maximum absolute atomic E-state index is 12.8. The molecule has 1 aliphatic carbocycles. The number of hydrogen-bond acceptors (Lipinski definition) is 6. The Labute approximate surface area is 167 Å². The lowest BCUT2D eigenvalue weighted by Crippen LogP contribution is -2.45. The molecular formula is C21H23N5O3. The molecule has 1 saturated carbocycles. The number of likely N-dealkylation sites (tertiary alicyclic amines) is 1. The summed E-state index contributed by atoms with van der Waals surface area (Å²) >= 11 is 0. The van der Waals surface area contributed by atoms with Crippen LogP contribution in [0.4, 0.5) is 6.01 Å². The van der Waals surface area contributed by atoms with Crippen molar-refractivity contribution < 1.29 is 9.21 Å². The first-order valence-electron chi connectivity index (χ1n) is 10.0. The zero-order chi connectivity index (χ0) is 20.0. The Balaban J connectivity index is 1.32. The number of carbonyl (C=O) groups excluding carboxylic acids is 1. The predicted molar refractivity (Wildman–Crippen MR) is 108 cm³/mol. The molecule has 1 spiro atoms. The van der Waals surface area contributed by atoms with Gasteiger partial charge in [0, 0.05) is 24.5 Å². The highest BCUT2D eigenvalue weighted by Gasteiger charge is 2.45. The molecule has 5 rings (SSSR count). The molecule has 8 nitrogen and oxygen atoms in total. The van der Waals surface area contributed by atoms with Gasteiger partial charge in [-0.3, -0.25) is 9.59 Å². The molecule has 1 atom stereocenters. The molecular weight excluding hydrogens is 370 g/mol. The van der Waals surface area contributed by atoms with E-state index in [4.69, 9.17) is 4.42 Å². The van der Waals surface area contributed by atoms with Gasteiger partial charge in [0.1, 0.15) is 11.7 Å². The Hall–Kier alpha value is -3.16. The largest absolute Gasteiger partial charge is 0.402 e. The predicted octanol–water partition coefficient (Wildman–Crippen LogP) is 2.78. The normalized spacial score (nSPS) is 18.7. The van der Waals surface area contributed by atoms with Crippen LogP contribution < -0.4 is 10.9 Å². The third-order valence-electron chi connectivity index (χ3n) is 6.21. The van der Waals surface area contributed by atoms with Crippen molar-refractivity contribution in [2.45, 2.75) is 38.6 Å². The molecule has 150 valence electrons. The molecule has 1 aromatic carbocycles. The van der Waals surface area contributed by atoms with Gasteiger partial charge in [-0.05, 0) is 43.4 Å². The second kappa shape index (κ2) is 6.72. The minimum Gasteiger partial charge on any atom is -0.402 e. The van der Waals surface area contributed by atoms with Gasteiger partial charge in [0.15, 0.2) is 0 Å². The third-order valence-corrected chi connectivity index (χ3v) is 6.21. The van der Waals surface area contributed by atoms with Crippen LogP contribution in [0.1, 0.15) is 32.6 Å². The van der Waals surface area contributed by atoms with Gasteiger partial charge in [0.25, 0.3) is 5.89 Å². The van der Waals surface area contributed by atoms with E-state index < -0.39 is 6.04 Å². The van der Waals surface area contributed by atoms with Crippen LogP contribution in [0.5, 0.6) is 0 Å². The van der Waals surface area contributed by atoms with Gasteiger partial charge < -0.3 is 19.6 Å². The van der Waals surface area contributed by atoms with Gasteiger partial charge >= 0.3 is 6.01 Å². The molecule has 0 unspecified atom stereocenters. The van der Waals surface area contributed by atoms with Crippen molar-refractivity contribution in [3.8, 4) is 11.6 Å². The van der Waals surface area contributed by atoms with Crippen LogP contribution >= 0.6 is 0 Å². The summed E-state index contributed by atoms with van der Waals surface area (Å²) in [4.78, 5) is 29.4. The van der Waals surface area contributed by atoms with E-state index in [1.54, 1.807) is 6.92 Å². The van der Waals surface area contributed by atoms with Gasteiger partial charge in [0.2, 0.25) is 11.5 Å². The molecule has 0 radical (unpaired) electrons.